The summed E-state index contributed by atoms with van der Waals surface area (Å²) in [6, 6.07) is 8.59. The maximum absolute atomic E-state index is 11.2. The van der Waals surface area contributed by atoms with Crippen LogP contribution in [0.4, 0.5) is 0 Å². The summed E-state index contributed by atoms with van der Waals surface area (Å²) in [6.45, 7) is 2.23. The lowest BCUT2D eigenvalue weighted by Gasteiger charge is -2.25. The van der Waals surface area contributed by atoms with Crippen LogP contribution in [0.15, 0.2) is 36.4 Å². The summed E-state index contributed by atoms with van der Waals surface area (Å²) in [5.74, 6) is 0.175. The molecule has 0 saturated heterocycles. The Bertz CT molecular complexity index is 643. The zero-order chi connectivity index (χ0) is 21.1. The molecule has 2 rings (SSSR count). The number of benzene rings is 1. The van der Waals surface area contributed by atoms with Crippen LogP contribution in [0.1, 0.15) is 81.8 Å². The van der Waals surface area contributed by atoms with E-state index in [0.717, 1.165) is 25.7 Å². The molecule has 1 aliphatic rings. The van der Waals surface area contributed by atoms with Crippen molar-refractivity contribution in [2.45, 2.75) is 88.5 Å². The van der Waals surface area contributed by atoms with E-state index in [1.54, 1.807) is 0 Å². The third kappa shape index (κ3) is 7.46. The minimum Gasteiger partial charge on any atom is -0.469 e. The molecule has 1 aliphatic carbocycles. The number of halogens is 1. The predicted molar refractivity (Wildman–Crippen MR) is 120 cm³/mol. The van der Waals surface area contributed by atoms with Crippen LogP contribution in [0.3, 0.4) is 0 Å². The van der Waals surface area contributed by atoms with Gasteiger partial charge in [0.25, 0.3) is 0 Å². The zero-order valence-electron chi connectivity index (χ0n) is 18.0. The third-order valence-corrected chi connectivity index (χ3v) is 6.58. The number of allylic oxidation sites excluding steroid dienone is 2. The number of hydrogen-bond acceptors (Lipinski definition) is 3. The molecule has 0 aliphatic heterocycles. The molecule has 1 aromatic carbocycles. The number of unbranched alkanes of at least 4 members (excludes halogenated alkanes) is 4. The lowest BCUT2D eigenvalue weighted by molar-refractivity contribution is -0.140. The van der Waals surface area contributed by atoms with E-state index in [2.05, 4.69) is 48.1 Å². The molecule has 0 amide bonds. The van der Waals surface area contributed by atoms with Crippen LogP contribution in [0, 0.1) is 5.92 Å². The van der Waals surface area contributed by atoms with Gasteiger partial charge in [-0.2, -0.15) is 0 Å². The van der Waals surface area contributed by atoms with Crippen molar-refractivity contribution in [2.24, 2.45) is 5.92 Å². The van der Waals surface area contributed by atoms with E-state index in [1.165, 1.54) is 43.9 Å². The quantitative estimate of drug-likeness (QED) is 0.190. The van der Waals surface area contributed by atoms with Crippen molar-refractivity contribution in [3.05, 3.63) is 47.5 Å². The fraction of sp³-hybridized carbons (Fsp3) is 0.640. The number of carbonyl (C=O) groups excluding carboxylic acids is 1. The van der Waals surface area contributed by atoms with Crippen LogP contribution in [-0.2, 0) is 16.0 Å². The molecule has 4 heteroatoms. The van der Waals surface area contributed by atoms with Gasteiger partial charge in [0.1, 0.15) is 0 Å². The standard InChI is InChI=1S/C25H37ClO3/c1-3-4-5-8-13-19-14-11-12-15-20(19)25-21(22(26)18-23(25)27)16-9-6-7-10-17-24(28)29-2/h6,9,11-12,14-15,21-23,25,27H,3-5,7-8,10,13,16-18H2,1-2H3/t21-,22+,23+,25+/m0/s1. The third-order valence-electron chi connectivity index (χ3n) is 6.08. The van der Waals surface area contributed by atoms with E-state index >= 15 is 0 Å². The summed E-state index contributed by atoms with van der Waals surface area (Å²) in [4.78, 5) is 11.2. The lowest BCUT2D eigenvalue weighted by Crippen LogP contribution is -2.20. The SMILES string of the molecule is CCCCCCc1ccccc1[C@@H]1[C@@H](CC=CCCCC(=O)OC)[C@H](Cl)C[C@H]1O. The zero-order valence-corrected chi connectivity index (χ0v) is 18.7. The van der Waals surface area contributed by atoms with E-state index in [9.17, 15) is 9.90 Å². The summed E-state index contributed by atoms with van der Waals surface area (Å²) in [5.41, 5.74) is 2.65. The Kier molecular flexibility index (Phi) is 10.8. The first-order valence-corrected chi connectivity index (χ1v) is 11.6. The second kappa shape index (κ2) is 13.1. The maximum atomic E-state index is 11.2. The van der Waals surface area contributed by atoms with Crippen LogP contribution in [0.2, 0.25) is 0 Å². The molecule has 4 atom stereocenters. The second-order valence-electron chi connectivity index (χ2n) is 8.19. The van der Waals surface area contributed by atoms with Gasteiger partial charge in [0.15, 0.2) is 0 Å². The summed E-state index contributed by atoms with van der Waals surface area (Å²) in [7, 11) is 1.42. The first-order chi connectivity index (χ1) is 14.1. The average molecular weight is 421 g/mol. The van der Waals surface area contributed by atoms with Gasteiger partial charge < -0.3 is 9.84 Å². The molecule has 3 nitrogen and oxygen atoms in total. The van der Waals surface area contributed by atoms with Crippen molar-refractivity contribution < 1.29 is 14.6 Å². The van der Waals surface area contributed by atoms with Gasteiger partial charge in [-0.05, 0) is 55.6 Å². The lowest BCUT2D eigenvalue weighted by atomic mass is 9.82. The Morgan fingerprint density at radius 3 is 2.76 bits per heavy atom. The van der Waals surface area contributed by atoms with Crippen molar-refractivity contribution in [2.75, 3.05) is 7.11 Å². The number of alkyl halides is 1. The number of aliphatic hydroxyl groups is 1. The van der Waals surface area contributed by atoms with Crippen LogP contribution in [0.5, 0.6) is 0 Å². The molecule has 0 aromatic heterocycles. The molecular formula is C25H37ClO3. The van der Waals surface area contributed by atoms with Crippen LogP contribution in [-0.4, -0.2) is 29.7 Å². The van der Waals surface area contributed by atoms with E-state index in [-0.39, 0.29) is 29.3 Å². The summed E-state index contributed by atoms with van der Waals surface area (Å²) in [5, 5.41) is 10.8. The molecule has 29 heavy (non-hydrogen) atoms. The highest BCUT2D eigenvalue weighted by molar-refractivity contribution is 6.21. The number of aryl methyl sites for hydroxylation is 1. The number of ether oxygens (including phenoxy) is 1. The Labute approximate surface area is 181 Å². The molecule has 0 unspecified atom stereocenters. The Balaban J connectivity index is 1.99. The number of esters is 1. The number of hydrogen-bond donors (Lipinski definition) is 1. The van der Waals surface area contributed by atoms with Gasteiger partial charge in [-0.1, -0.05) is 62.6 Å². The molecule has 162 valence electrons. The summed E-state index contributed by atoms with van der Waals surface area (Å²) >= 11 is 6.66. The average Bonchev–Trinajstić information content (AvgIpc) is 3.00. The van der Waals surface area contributed by atoms with Crippen molar-refractivity contribution in [3.63, 3.8) is 0 Å². The van der Waals surface area contributed by atoms with Gasteiger partial charge in [0, 0.05) is 17.7 Å². The molecule has 1 N–H and O–H groups in total. The predicted octanol–water partition coefficient (Wildman–Crippen LogP) is 6.17. The molecule has 0 spiro atoms. The normalized spacial score (nSPS) is 24.3. The fourth-order valence-electron chi connectivity index (χ4n) is 4.46. The van der Waals surface area contributed by atoms with Crippen LogP contribution in [0.25, 0.3) is 0 Å². The van der Waals surface area contributed by atoms with Gasteiger partial charge in [-0.3, -0.25) is 4.79 Å². The summed E-state index contributed by atoms with van der Waals surface area (Å²) < 4.78 is 4.67. The van der Waals surface area contributed by atoms with E-state index in [1.807, 2.05) is 0 Å². The van der Waals surface area contributed by atoms with Gasteiger partial charge >= 0.3 is 5.97 Å². The largest absolute Gasteiger partial charge is 0.469 e. The Morgan fingerprint density at radius 1 is 1.21 bits per heavy atom. The first kappa shape index (κ1) is 24.0. The molecule has 0 heterocycles. The highest BCUT2D eigenvalue weighted by Gasteiger charge is 2.42. The van der Waals surface area contributed by atoms with Crippen molar-refractivity contribution in [3.8, 4) is 0 Å². The highest BCUT2D eigenvalue weighted by Crippen LogP contribution is 2.45. The van der Waals surface area contributed by atoms with E-state index in [0.29, 0.717) is 12.8 Å². The number of methoxy groups -OCH3 is 1. The summed E-state index contributed by atoms with van der Waals surface area (Å²) in [6.07, 6.45) is 13.6. The monoisotopic (exact) mass is 420 g/mol. The Morgan fingerprint density at radius 2 is 2.00 bits per heavy atom. The van der Waals surface area contributed by atoms with Gasteiger partial charge in [0.2, 0.25) is 0 Å². The highest BCUT2D eigenvalue weighted by atomic mass is 35.5. The van der Waals surface area contributed by atoms with Crippen LogP contribution >= 0.6 is 11.6 Å². The molecule has 0 radical (unpaired) electrons. The first-order valence-electron chi connectivity index (χ1n) is 11.2. The van der Waals surface area contributed by atoms with Gasteiger partial charge in [0.05, 0.1) is 13.2 Å². The van der Waals surface area contributed by atoms with E-state index in [4.69, 9.17) is 11.6 Å². The number of rotatable bonds is 12. The molecular weight excluding hydrogens is 384 g/mol. The van der Waals surface area contributed by atoms with Gasteiger partial charge in [-0.25, -0.2) is 0 Å². The number of carbonyl (C=O) groups is 1. The van der Waals surface area contributed by atoms with Crippen molar-refractivity contribution in [1.29, 1.82) is 0 Å². The Hall–Kier alpha value is -1.32. The second-order valence-corrected chi connectivity index (χ2v) is 8.75. The molecule has 1 aromatic rings. The minimum atomic E-state index is -0.382. The van der Waals surface area contributed by atoms with Crippen LogP contribution < -0.4 is 0 Å². The minimum absolute atomic E-state index is 0.0112. The molecule has 1 fully saturated rings. The topological polar surface area (TPSA) is 46.5 Å². The molecule has 1 saturated carbocycles. The molecule has 0 bridgehead atoms. The van der Waals surface area contributed by atoms with Crippen molar-refractivity contribution >= 4 is 17.6 Å². The van der Waals surface area contributed by atoms with Gasteiger partial charge in [-0.15, -0.1) is 11.6 Å². The fourth-order valence-corrected chi connectivity index (χ4v) is 4.90. The van der Waals surface area contributed by atoms with Crippen molar-refractivity contribution in [1.82, 2.24) is 0 Å². The van der Waals surface area contributed by atoms with E-state index < -0.39 is 0 Å². The maximum Gasteiger partial charge on any atom is 0.305 e. The number of aliphatic hydroxyl groups excluding tert-OH is 1. The smallest absolute Gasteiger partial charge is 0.305 e.